The van der Waals surface area contributed by atoms with E-state index in [4.69, 9.17) is 5.26 Å². The van der Waals surface area contributed by atoms with Crippen molar-refractivity contribution in [3.8, 4) is 6.19 Å². The van der Waals surface area contributed by atoms with Crippen LogP contribution in [0.15, 0.2) is 46.4 Å². The minimum absolute atomic E-state index is 0.00101. The molecule has 0 fully saturated rings. The van der Waals surface area contributed by atoms with Crippen LogP contribution in [0.25, 0.3) is 65.7 Å². The second-order valence-electron chi connectivity index (χ2n) is 8.38. The maximum atomic E-state index is 15.9. The zero-order chi connectivity index (χ0) is 25.6. The van der Waals surface area contributed by atoms with E-state index in [0.717, 1.165) is 6.07 Å². The molecule has 0 saturated heterocycles. The Kier molecular flexibility index (Phi) is 4.13. The largest absolute Gasteiger partial charge is 0.286 e. The molecule has 5 aromatic carbocycles. The minimum atomic E-state index is -0.985. The number of hydrogen-bond donors (Lipinski definition) is 0. The molecule has 0 bridgehead atoms. The lowest BCUT2D eigenvalue weighted by Gasteiger charge is -2.06. The lowest BCUT2D eigenvalue weighted by atomic mass is 10.2. The van der Waals surface area contributed by atoms with E-state index in [9.17, 15) is 8.78 Å². The van der Waals surface area contributed by atoms with Crippen LogP contribution in [0, 0.1) is 34.7 Å². The Bertz CT molecular complexity index is 2330. The molecule has 0 saturated carbocycles. The van der Waals surface area contributed by atoms with Crippen LogP contribution in [-0.4, -0.2) is 27.0 Å². The number of nitrogens with zero attached hydrogens (tertiary/aromatic N) is 7. The molecule has 11 heteroatoms. The molecular weight excluding hydrogens is 486 g/mol. The van der Waals surface area contributed by atoms with Crippen molar-refractivity contribution in [2.24, 2.45) is 9.98 Å². The monoisotopic (exact) mass is 495 g/mol. The average molecular weight is 495 g/mol. The van der Waals surface area contributed by atoms with Crippen molar-refractivity contribution in [2.75, 3.05) is 7.05 Å². The van der Waals surface area contributed by atoms with Gasteiger partial charge in [0.15, 0.2) is 11.6 Å². The van der Waals surface area contributed by atoms with Crippen LogP contribution >= 0.6 is 0 Å². The highest BCUT2D eigenvalue weighted by molar-refractivity contribution is 6.12. The summed E-state index contributed by atoms with van der Waals surface area (Å²) in [7, 11) is 1.48. The highest BCUT2D eigenvalue weighted by Crippen LogP contribution is 2.32. The fourth-order valence-electron chi connectivity index (χ4n) is 4.90. The summed E-state index contributed by atoms with van der Waals surface area (Å²) < 4.78 is 59.6. The molecule has 0 amide bonds. The number of halogens is 4. The van der Waals surface area contributed by atoms with Crippen molar-refractivity contribution in [1.29, 1.82) is 5.26 Å². The van der Waals surface area contributed by atoms with E-state index in [1.807, 2.05) is 0 Å². The Morgan fingerprint density at radius 1 is 0.595 bits per heavy atom. The first-order valence-corrected chi connectivity index (χ1v) is 10.9. The first-order valence-electron chi connectivity index (χ1n) is 10.9. The minimum Gasteiger partial charge on any atom is -0.286 e. The molecule has 0 aliphatic heterocycles. The van der Waals surface area contributed by atoms with Crippen molar-refractivity contribution in [2.45, 2.75) is 0 Å². The van der Waals surface area contributed by atoms with Gasteiger partial charge >= 0.3 is 0 Å². The lowest BCUT2D eigenvalue weighted by Crippen LogP contribution is -2.05. The van der Waals surface area contributed by atoms with Crippen molar-refractivity contribution in [3.63, 3.8) is 0 Å². The van der Waals surface area contributed by atoms with Crippen LogP contribution in [0.4, 0.5) is 17.6 Å². The standard InChI is InChI=1S/C26H9F4N7/c1-32-17-13-6-9(27)2-4-11(13)19-25(17)36-23-15(29)22-24(16(30)21(23)34-19)37-26-18(33-8-31)14-7-10(28)3-5-12(14)20(26)35-22/h2-7H,1H3/b32-17+,33-18+. The molecule has 0 N–H and O–H groups in total. The molecule has 7 nitrogen and oxygen atoms in total. The topological polar surface area (TPSA) is 100 Å². The third-order valence-electron chi connectivity index (χ3n) is 6.44. The van der Waals surface area contributed by atoms with Gasteiger partial charge < -0.3 is 0 Å². The molecule has 7 rings (SSSR count). The van der Waals surface area contributed by atoms with E-state index >= 15 is 8.78 Å². The predicted molar refractivity (Wildman–Crippen MR) is 128 cm³/mol. The van der Waals surface area contributed by atoms with Crippen molar-refractivity contribution in [3.05, 3.63) is 70.4 Å². The van der Waals surface area contributed by atoms with Crippen molar-refractivity contribution in [1.82, 2.24) is 19.9 Å². The number of benzene rings is 3. The van der Waals surface area contributed by atoms with E-state index in [0.29, 0.717) is 21.5 Å². The van der Waals surface area contributed by atoms with Crippen LogP contribution in [0.3, 0.4) is 0 Å². The summed E-state index contributed by atoms with van der Waals surface area (Å²) >= 11 is 0. The normalized spacial score (nSPS) is 13.3. The van der Waals surface area contributed by atoms with Crippen LogP contribution in [0.5, 0.6) is 0 Å². The molecule has 37 heavy (non-hydrogen) atoms. The van der Waals surface area contributed by atoms with Gasteiger partial charge in [0.2, 0.25) is 6.19 Å². The fourth-order valence-corrected chi connectivity index (χ4v) is 4.90. The van der Waals surface area contributed by atoms with Crippen molar-refractivity contribution >= 4 is 65.7 Å². The summed E-state index contributed by atoms with van der Waals surface area (Å²) in [6, 6.07) is 7.72. The molecule has 0 unspecified atom stereocenters. The molecular formula is C26H9F4N7. The van der Waals surface area contributed by atoms with Gasteiger partial charge in [0.1, 0.15) is 50.1 Å². The van der Waals surface area contributed by atoms with Crippen LogP contribution in [-0.2, 0) is 0 Å². The third kappa shape index (κ3) is 2.69. The van der Waals surface area contributed by atoms with Crippen LogP contribution < -0.4 is 10.7 Å². The molecule has 2 aromatic heterocycles. The summed E-state index contributed by atoms with van der Waals surface area (Å²) in [5.41, 5.74) is -1.09. The van der Waals surface area contributed by atoms with Gasteiger partial charge in [0.05, 0.1) is 16.4 Å². The van der Waals surface area contributed by atoms with E-state index in [-0.39, 0.29) is 32.8 Å². The lowest BCUT2D eigenvalue weighted by molar-refractivity contribution is 0.626. The predicted octanol–water partition coefficient (Wildman–Crippen LogP) is 4.53. The Balaban J connectivity index is 1.71. The number of rotatable bonds is 0. The molecule has 2 heterocycles. The summed E-state index contributed by atoms with van der Waals surface area (Å²) in [4.78, 5) is 25.2. The zero-order valence-corrected chi connectivity index (χ0v) is 18.6. The number of hydrogen-bond acceptors (Lipinski definition) is 7. The van der Waals surface area contributed by atoms with E-state index < -0.39 is 45.3 Å². The van der Waals surface area contributed by atoms with Gasteiger partial charge in [-0.2, -0.15) is 10.3 Å². The molecule has 7 aromatic rings. The summed E-state index contributed by atoms with van der Waals surface area (Å²) in [5, 5.41) is 11.0. The molecule has 0 radical (unpaired) electrons. The first-order chi connectivity index (χ1) is 17.9. The molecule has 0 spiro atoms. The second kappa shape index (κ2) is 7.20. The number of aromatic nitrogens is 4. The van der Waals surface area contributed by atoms with E-state index in [1.165, 1.54) is 37.4 Å². The molecule has 0 aliphatic carbocycles. The maximum Gasteiger partial charge on any atom is 0.206 e. The van der Waals surface area contributed by atoms with Gasteiger partial charge in [-0.05, 0) is 36.4 Å². The van der Waals surface area contributed by atoms with Crippen LogP contribution in [0.2, 0.25) is 0 Å². The SMILES string of the molecule is C/N=c1\c2cc(F)ccc2c2nc3c(F)c4nc5/c(=N/C#N)c6cc(F)ccc6c5nc4c(F)c3nc12. The number of nitriles is 1. The zero-order valence-electron chi connectivity index (χ0n) is 18.6. The highest BCUT2D eigenvalue weighted by Gasteiger charge is 2.24. The summed E-state index contributed by atoms with van der Waals surface area (Å²) in [6.07, 6.45) is 1.64. The first kappa shape index (κ1) is 21.2. The summed E-state index contributed by atoms with van der Waals surface area (Å²) in [6.45, 7) is 0. The molecule has 176 valence electrons. The Morgan fingerprint density at radius 3 is 1.49 bits per heavy atom. The Hall–Kier alpha value is -5.11. The number of fused-ring (bicyclic) bond motifs is 8. The van der Waals surface area contributed by atoms with E-state index in [2.05, 4.69) is 29.9 Å². The van der Waals surface area contributed by atoms with Gasteiger partial charge in [0, 0.05) is 28.6 Å². The quantitative estimate of drug-likeness (QED) is 0.175. The van der Waals surface area contributed by atoms with Gasteiger partial charge in [-0.15, -0.1) is 0 Å². The van der Waals surface area contributed by atoms with Gasteiger partial charge in [-0.3, -0.25) is 4.99 Å². The maximum absolute atomic E-state index is 15.9. The van der Waals surface area contributed by atoms with Gasteiger partial charge in [-0.1, -0.05) is 0 Å². The average Bonchev–Trinajstić information content (AvgIpc) is 3.36. The molecule has 0 atom stereocenters. The van der Waals surface area contributed by atoms with E-state index in [1.54, 1.807) is 6.19 Å². The van der Waals surface area contributed by atoms with Gasteiger partial charge in [0.25, 0.3) is 0 Å². The van der Waals surface area contributed by atoms with Crippen molar-refractivity contribution < 1.29 is 17.6 Å². The third-order valence-corrected chi connectivity index (χ3v) is 6.44. The molecule has 0 aliphatic rings. The highest BCUT2D eigenvalue weighted by atomic mass is 19.1. The van der Waals surface area contributed by atoms with Crippen LogP contribution in [0.1, 0.15) is 0 Å². The Morgan fingerprint density at radius 2 is 1.03 bits per heavy atom. The smallest absolute Gasteiger partial charge is 0.206 e. The fraction of sp³-hybridized carbons (Fsp3) is 0.0385. The Labute approximate surface area is 202 Å². The second-order valence-corrected chi connectivity index (χ2v) is 8.38. The summed E-state index contributed by atoms with van der Waals surface area (Å²) in [5.74, 6) is -3.04. The van der Waals surface area contributed by atoms with Gasteiger partial charge in [-0.25, -0.2) is 37.5 Å².